The number of nitrogens with one attached hydrogen (secondary N) is 1. The van der Waals surface area contributed by atoms with Crippen molar-refractivity contribution in [1.29, 1.82) is 0 Å². The molecule has 1 N–H and O–H groups in total. The highest BCUT2D eigenvalue weighted by molar-refractivity contribution is 7.92. The molecule has 0 aliphatic rings. The van der Waals surface area contributed by atoms with Crippen LogP contribution in [-0.4, -0.2) is 46.9 Å². The quantitative estimate of drug-likeness (QED) is 0.595. The molecule has 7 nitrogen and oxygen atoms in total. The molecule has 0 heterocycles. The average Bonchev–Trinajstić information content (AvgIpc) is 2.70. The maximum absolute atomic E-state index is 12.6. The summed E-state index contributed by atoms with van der Waals surface area (Å²) in [5.41, 5.74) is 1.67. The molecule has 0 bridgehead atoms. The van der Waals surface area contributed by atoms with E-state index in [4.69, 9.17) is 9.47 Å². The summed E-state index contributed by atoms with van der Waals surface area (Å²) in [4.78, 5) is 12.6. The largest absolute Gasteiger partial charge is 0.497 e. The molecule has 0 aliphatic heterocycles. The predicted octanol–water partition coefficient (Wildman–Crippen LogP) is 3.34. The van der Waals surface area contributed by atoms with Gasteiger partial charge in [0.1, 0.15) is 24.1 Å². The molecule has 31 heavy (non-hydrogen) atoms. The van der Waals surface area contributed by atoms with Gasteiger partial charge >= 0.3 is 0 Å². The van der Waals surface area contributed by atoms with Gasteiger partial charge in [0, 0.05) is 0 Å². The number of hydrogen-bond donors (Lipinski definition) is 1. The molecular formula is C23H32N2O5S. The lowest BCUT2D eigenvalue weighted by atomic mass is 9.87. The van der Waals surface area contributed by atoms with Crippen molar-refractivity contribution in [1.82, 2.24) is 5.32 Å². The Morgan fingerprint density at radius 3 is 2.06 bits per heavy atom. The van der Waals surface area contributed by atoms with Crippen LogP contribution in [0.2, 0.25) is 0 Å². The molecule has 0 aliphatic carbocycles. The summed E-state index contributed by atoms with van der Waals surface area (Å²) in [7, 11) is -2.14. The summed E-state index contributed by atoms with van der Waals surface area (Å²) < 4.78 is 36.5. The van der Waals surface area contributed by atoms with Crippen LogP contribution >= 0.6 is 0 Å². The lowest BCUT2D eigenvalue weighted by Gasteiger charge is -2.28. The Kier molecular flexibility index (Phi) is 7.95. The van der Waals surface area contributed by atoms with Crippen LogP contribution in [0.25, 0.3) is 0 Å². The third-order valence-electron chi connectivity index (χ3n) is 4.81. The fraction of sp³-hybridized carbons (Fsp3) is 0.435. The van der Waals surface area contributed by atoms with Crippen LogP contribution < -0.4 is 19.1 Å². The Hall–Kier alpha value is -2.74. The lowest BCUT2D eigenvalue weighted by molar-refractivity contribution is -0.121. The zero-order valence-electron chi connectivity index (χ0n) is 19.0. The van der Waals surface area contributed by atoms with Gasteiger partial charge in [0.2, 0.25) is 15.9 Å². The summed E-state index contributed by atoms with van der Waals surface area (Å²) in [6, 6.07) is 13.4. The van der Waals surface area contributed by atoms with Gasteiger partial charge in [-0.1, -0.05) is 32.9 Å². The lowest BCUT2D eigenvalue weighted by Crippen LogP contribution is -2.48. The Labute approximate surface area is 185 Å². The summed E-state index contributed by atoms with van der Waals surface area (Å²) >= 11 is 0. The maximum Gasteiger partial charge on any atom is 0.243 e. The standard InChI is InChI=1S/C23H32N2O5S/c1-17(25(31(6,27)28)19-9-13-20(29-5)14-10-19)22(26)24-15-16-30-21-11-7-18(8-12-21)23(2,3)4/h7-14,17H,15-16H2,1-6H3,(H,24,26). The van der Waals surface area contributed by atoms with Crippen molar-refractivity contribution in [2.24, 2.45) is 0 Å². The number of sulfonamides is 1. The number of carbonyl (C=O) groups is 1. The van der Waals surface area contributed by atoms with E-state index < -0.39 is 22.0 Å². The second kappa shape index (κ2) is 10.0. The number of rotatable bonds is 9. The van der Waals surface area contributed by atoms with Gasteiger partial charge in [0.05, 0.1) is 25.6 Å². The molecule has 0 saturated carbocycles. The summed E-state index contributed by atoms with van der Waals surface area (Å²) in [5, 5.41) is 2.74. The SMILES string of the molecule is COc1ccc(N(C(C)C(=O)NCCOc2ccc(C(C)(C)C)cc2)S(C)(=O)=O)cc1. The molecule has 2 aromatic rings. The Morgan fingerprint density at radius 1 is 1.03 bits per heavy atom. The minimum atomic E-state index is -3.67. The van der Waals surface area contributed by atoms with Crippen LogP contribution in [0.1, 0.15) is 33.3 Å². The normalized spacial score (nSPS) is 12.7. The number of carbonyl (C=O) groups excluding carboxylic acids is 1. The molecule has 170 valence electrons. The Morgan fingerprint density at radius 2 is 1.58 bits per heavy atom. The predicted molar refractivity (Wildman–Crippen MR) is 123 cm³/mol. The minimum Gasteiger partial charge on any atom is -0.497 e. The first-order valence-corrected chi connectivity index (χ1v) is 11.9. The molecule has 0 aromatic heterocycles. The number of nitrogens with zero attached hydrogens (tertiary/aromatic N) is 1. The molecule has 0 saturated heterocycles. The Bertz CT molecular complexity index is 965. The van der Waals surface area contributed by atoms with Gasteiger partial charge in [-0.05, 0) is 54.3 Å². The summed E-state index contributed by atoms with van der Waals surface area (Å²) in [5.74, 6) is 0.904. The van der Waals surface area contributed by atoms with E-state index in [1.807, 2.05) is 24.3 Å². The maximum atomic E-state index is 12.6. The highest BCUT2D eigenvalue weighted by atomic mass is 32.2. The number of hydrogen-bond acceptors (Lipinski definition) is 5. The first-order chi connectivity index (χ1) is 14.4. The van der Waals surface area contributed by atoms with E-state index in [0.717, 1.165) is 10.6 Å². The van der Waals surface area contributed by atoms with E-state index in [0.29, 0.717) is 17.2 Å². The molecule has 0 radical (unpaired) electrons. The highest BCUT2D eigenvalue weighted by Gasteiger charge is 2.29. The molecule has 0 fully saturated rings. The second-order valence-corrected chi connectivity index (χ2v) is 10.2. The first-order valence-electron chi connectivity index (χ1n) is 10.1. The third-order valence-corrected chi connectivity index (χ3v) is 6.05. The van der Waals surface area contributed by atoms with Crippen LogP contribution in [0.15, 0.2) is 48.5 Å². The van der Waals surface area contributed by atoms with Gasteiger partial charge < -0.3 is 14.8 Å². The van der Waals surface area contributed by atoms with E-state index in [1.54, 1.807) is 31.2 Å². The third kappa shape index (κ3) is 6.89. The van der Waals surface area contributed by atoms with Crippen LogP contribution in [0.4, 0.5) is 5.69 Å². The second-order valence-electron chi connectivity index (χ2n) is 8.35. The number of ether oxygens (including phenoxy) is 2. The van der Waals surface area contributed by atoms with E-state index in [9.17, 15) is 13.2 Å². The smallest absolute Gasteiger partial charge is 0.243 e. The van der Waals surface area contributed by atoms with Crippen molar-refractivity contribution in [2.45, 2.75) is 39.2 Å². The van der Waals surface area contributed by atoms with Crippen LogP contribution in [0.3, 0.4) is 0 Å². The molecular weight excluding hydrogens is 416 g/mol. The molecule has 2 aromatic carbocycles. The van der Waals surface area contributed by atoms with Gasteiger partial charge in [-0.25, -0.2) is 8.42 Å². The zero-order valence-corrected chi connectivity index (χ0v) is 19.8. The van der Waals surface area contributed by atoms with E-state index >= 15 is 0 Å². The molecule has 8 heteroatoms. The van der Waals surface area contributed by atoms with Crippen LogP contribution in [0, 0.1) is 0 Å². The van der Waals surface area contributed by atoms with Crippen molar-refractivity contribution in [3.63, 3.8) is 0 Å². The topological polar surface area (TPSA) is 84.9 Å². The van der Waals surface area contributed by atoms with Crippen molar-refractivity contribution in [3.8, 4) is 11.5 Å². The summed E-state index contributed by atoms with van der Waals surface area (Å²) in [6.07, 6.45) is 1.07. The van der Waals surface area contributed by atoms with Crippen LogP contribution in [-0.2, 0) is 20.2 Å². The number of amides is 1. The van der Waals surface area contributed by atoms with Crippen molar-refractivity contribution < 1.29 is 22.7 Å². The van der Waals surface area contributed by atoms with Gasteiger partial charge in [-0.15, -0.1) is 0 Å². The van der Waals surface area contributed by atoms with E-state index in [-0.39, 0.29) is 18.6 Å². The van der Waals surface area contributed by atoms with Crippen molar-refractivity contribution in [2.75, 3.05) is 30.8 Å². The average molecular weight is 449 g/mol. The molecule has 1 atom stereocenters. The minimum absolute atomic E-state index is 0.0675. The van der Waals surface area contributed by atoms with Crippen LogP contribution in [0.5, 0.6) is 11.5 Å². The number of benzene rings is 2. The fourth-order valence-corrected chi connectivity index (χ4v) is 4.25. The number of anilines is 1. The molecule has 1 unspecified atom stereocenters. The van der Waals surface area contributed by atoms with Gasteiger partial charge in [-0.2, -0.15) is 0 Å². The number of methoxy groups -OCH3 is 1. The van der Waals surface area contributed by atoms with Crippen molar-refractivity contribution >= 4 is 21.6 Å². The van der Waals surface area contributed by atoms with Crippen molar-refractivity contribution in [3.05, 3.63) is 54.1 Å². The Balaban J connectivity index is 1.94. The zero-order chi connectivity index (χ0) is 23.2. The van der Waals surface area contributed by atoms with Gasteiger partial charge in [0.25, 0.3) is 0 Å². The first kappa shape index (κ1) is 24.5. The monoisotopic (exact) mass is 448 g/mol. The highest BCUT2D eigenvalue weighted by Crippen LogP contribution is 2.25. The van der Waals surface area contributed by atoms with E-state index in [1.165, 1.54) is 12.7 Å². The summed E-state index contributed by atoms with van der Waals surface area (Å²) in [6.45, 7) is 8.51. The van der Waals surface area contributed by atoms with Gasteiger partial charge in [-0.3, -0.25) is 9.10 Å². The van der Waals surface area contributed by atoms with Gasteiger partial charge in [0.15, 0.2) is 0 Å². The molecule has 1 amide bonds. The molecule has 2 rings (SSSR count). The molecule has 0 spiro atoms. The van der Waals surface area contributed by atoms with E-state index in [2.05, 4.69) is 26.1 Å². The fourth-order valence-electron chi connectivity index (χ4n) is 3.08.